The Morgan fingerprint density at radius 2 is 2.00 bits per heavy atom. The van der Waals surface area contributed by atoms with Gasteiger partial charge in [-0.25, -0.2) is 0 Å². The van der Waals surface area contributed by atoms with Crippen molar-refractivity contribution in [2.24, 2.45) is 0 Å². The van der Waals surface area contributed by atoms with E-state index in [2.05, 4.69) is 9.88 Å². The van der Waals surface area contributed by atoms with Gasteiger partial charge >= 0.3 is 0 Å². The zero-order valence-corrected chi connectivity index (χ0v) is 15.8. The van der Waals surface area contributed by atoms with Gasteiger partial charge in [-0.2, -0.15) is 0 Å². The van der Waals surface area contributed by atoms with Crippen LogP contribution in [0.4, 0.5) is 5.69 Å². The van der Waals surface area contributed by atoms with Crippen LogP contribution in [0.2, 0.25) is 0 Å². The Kier molecular flexibility index (Phi) is 4.17. The second-order valence-corrected chi connectivity index (χ2v) is 6.81. The summed E-state index contributed by atoms with van der Waals surface area (Å²) < 4.78 is 17.2. The van der Waals surface area contributed by atoms with E-state index < -0.39 is 0 Å². The van der Waals surface area contributed by atoms with Gasteiger partial charge in [-0.3, -0.25) is 9.78 Å². The number of carbonyl (C=O) groups is 1. The quantitative estimate of drug-likeness (QED) is 0.633. The number of rotatable bonds is 3. The van der Waals surface area contributed by atoms with Crippen LogP contribution < -0.4 is 19.1 Å². The molecule has 3 aromatic rings. The summed E-state index contributed by atoms with van der Waals surface area (Å²) in [6.45, 7) is 1.00. The van der Waals surface area contributed by atoms with Crippen molar-refractivity contribution >= 4 is 17.5 Å². The number of hydrogen-bond donors (Lipinski definition) is 0. The standard InChI is InChI=1S/C23H18N2O4/c1-27-17-6-4-16(5-7-17)25-13-19-20(28-14-25)9-8-18-22(26)21(29-23(18)19)11-15-3-2-10-24-12-15/h2-12H,13-14H2,1H3/b21-11-. The Labute approximate surface area is 168 Å². The first kappa shape index (κ1) is 17.3. The zero-order valence-electron chi connectivity index (χ0n) is 15.8. The lowest BCUT2D eigenvalue weighted by Crippen LogP contribution is -2.32. The monoisotopic (exact) mass is 386 g/mol. The number of anilines is 1. The molecule has 5 rings (SSSR count). The molecule has 0 saturated heterocycles. The first-order valence-corrected chi connectivity index (χ1v) is 9.25. The van der Waals surface area contributed by atoms with Gasteiger partial charge in [-0.15, -0.1) is 0 Å². The van der Waals surface area contributed by atoms with Gasteiger partial charge < -0.3 is 19.1 Å². The Morgan fingerprint density at radius 3 is 2.76 bits per heavy atom. The van der Waals surface area contributed by atoms with E-state index in [0.717, 1.165) is 28.3 Å². The van der Waals surface area contributed by atoms with Crippen molar-refractivity contribution in [1.82, 2.24) is 4.98 Å². The van der Waals surface area contributed by atoms with Crippen LogP contribution in [-0.4, -0.2) is 24.6 Å². The SMILES string of the molecule is COc1ccc(N2COc3ccc4c(c3C2)O/C(=C\c2cccnc2)C4=O)cc1. The third-order valence-corrected chi connectivity index (χ3v) is 5.04. The number of Topliss-reactive ketones (excluding diaryl/α,β-unsaturated/α-hetero) is 1. The van der Waals surface area contributed by atoms with Crippen LogP contribution in [0, 0.1) is 0 Å². The smallest absolute Gasteiger partial charge is 0.231 e. The van der Waals surface area contributed by atoms with Crippen molar-refractivity contribution in [2.75, 3.05) is 18.7 Å². The van der Waals surface area contributed by atoms with E-state index in [4.69, 9.17) is 14.2 Å². The van der Waals surface area contributed by atoms with Gasteiger partial charge in [0.1, 0.15) is 17.2 Å². The molecule has 0 atom stereocenters. The molecule has 3 heterocycles. The summed E-state index contributed by atoms with van der Waals surface area (Å²) >= 11 is 0. The van der Waals surface area contributed by atoms with Gasteiger partial charge in [0.05, 0.1) is 24.8 Å². The second-order valence-electron chi connectivity index (χ2n) is 6.81. The molecule has 6 heteroatoms. The number of benzene rings is 2. The fourth-order valence-corrected chi connectivity index (χ4v) is 3.53. The van der Waals surface area contributed by atoms with Crippen molar-refractivity contribution in [3.8, 4) is 17.2 Å². The molecule has 2 aliphatic rings. The van der Waals surface area contributed by atoms with Gasteiger partial charge in [0.15, 0.2) is 12.5 Å². The Morgan fingerprint density at radius 1 is 1.14 bits per heavy atom. The topological polar surface area (TPSA) is 60.9 Å². The molecule has 0 radical (unpaired) electrons. The summed E-state index contributed by atoms with van der Waals surface area (Å²) in [6, 6.07) is 15.1. The van der Waals surface area contributed by atoms with Crippen molar-refractivity contribution in [2.45, 2.75) is 6.54 Å². The molecule has 0 N–H and O–H groups in total. The van der Waals surface area contributed by atoms with Gasteiger partial charge in [-0.1, -0.05) is 6.07 Å². The van der Waals surface area contributed by atoms with E-state index in [1.54, 1.807) is 31.6 Å². The third kappa shape index (κ3) is 3.08. The Balaban J connectivity index is 1.47. The molecule has 1 aromatic heterocycles. The van der Waals surface area contributed by atoms with E-state index >= 15 is 0 Å². The van der Waals surface area contributed by atoms with Crippen LogP contribution in [0.3, 0.4) is 0 Å². The van der Waals surface area contributed by atoms with Crippen molar-refractivity contribution in [3.05, 3.63) is 83.4 Å². The van der Waals surface area contributed by atoms with Crippen LogP contribution in [0.15, 0.2) is 66.7 Å². The fourth-order valence-electron chi connectivity index (χ4n) is 3.53. The molecule has 2 aromatic carbocycles. The van der Waals surface area contributed by atoms with Crippen molar-refractivity contribution in [1.29, 1.82) is 0 Å². The molecule has 29 heavy (non-hydrogen) atoms. The summed E-state index contributed by atoms with van der Waals surface area (Å²) in [5.41, 5.74) is 3.24. The fraction of sp³-hybridized carbons (Fsp3) is 0.130. The highest BCUT2D eigenvalue weighted by Gasteiger charge is 2.33. The maximum Gasteiger partial charge on any atom is 0.231 e. The summed E-state index contributed by atoms with van der Waals surface area (Å²) in [5.74, 6) is 2.27. The zero-order chi connectivity index (χ0) is 19.8. The average Bonchev–Trinajstić information content (AvgIpc) is 3.10. The van der Waals surface area contributed by atoms with Gasteiger partial charge in [-0.05, 0) is 54.1 Å². The van der Waals surface area contributed by atoms with E-state index in [1.807, 2.05) is 42.5 Å². The van der Waals surface area contributed by atoms with E-state index in [1.165, 1.54) is 0 Å². The van der Waals surface area contributed by atoms with Crippen molar-refractivity contribution < 1.29 is 19.0 Å². The minimum Gasteiger partial charge on any atom is -0.497 e. The molecule has 0 unspecified atom stereocenters. The number of ketones is 1. The maximum absolute atomic E-state index is 12.8. The number of nitrogens with zero attached hydrogens (tertiary/aromatic N) is 2. The minimum atomic E-state index is -0.131. The van der Waals surface area contributed by atoms with Crippen LogP contribution in [0.1, 0.15) is 21.5 Å². The number of ether oxygens (including phenoxy) is 3. The highest BCUT2D eigenvalue weighted by molar-refractivity contribution is 6.15. The molecule has 0 spiro atoms. The summed E-state index contributed by atoms with van der Waals surface area (Å²) in [4.78, 5) is 19.0. The van der Waals surface area contributed by atoms with E-state index in [0.29, 0.717) is 30.3 Å². The summed E-state index contributed by atoms with van der Waals surface area (Å²) in [6.07, 6.45) is 5.10. The number of pyridine rings is 1. The number of allylic oxidation sites excluding steroid dienone is 1. The van der Waals surface area contributed by atoms with Crippen molar-refractivity contribution in [3.63, 3.8) is 0 Å². The molecular formula is C23H18N2O4. The van der Waals surface area contributed by atoms with Crippen LogP contribution in [0.25, 0.3) is 6.08 Å². The second kappa shape index (κ2) is 6.98. The third-order valence-electron chi connectivity index (χ3n) is 5.04. The van der Waals surface area contributed by atoms with E-state index in [-0.39, 0.29) is 5.78 Å². The molecule has 0 bridgehead atoms. The minimum absolute atomic E-state index is 0.131. The normalized spacial score (nSPS) is 16.1. The largest absolute Gasteiger partial charge is 0.497 e. The van der Waals surface area contributed by atoms with E-state index in [9.17, 15) is 4.79 Å². The Hall–Kier alpha value is -3.80. The number of fused-ring (bicyclic) bond motifs is 3. The lowest BCUT2D eigenvalue weighted by Gasteiger charge is -2.31. The van der Waals surface area contributed by atoms with Crippen LogP contribution in [-0.2, 0) is 6.54 Å². The number of methoxy groups -OCH3 is 1. The van der Waals surface area contributed by atoms with Crippen LogP contribution in [0.5, 0.6) is 17.2 Å². The molecule has 2 aliphatic heterocycles. The predicted octanol–water partition coefficient (Wildman–Crippen LogP) is 4.06. The molecule has 6 nitrogen and oxygen atoms in total. The summed E-state index contributed by atoms with van der Waals surface area (Å²) in [7, 11) is 1.64. The number of hydrogen-bond acceptors (Lipinski definition) is 6. The highest BCUT2D eigenvalue weighted by atomic mass is 16.5. The molecule has 0 saturated carbocycles. The Bertz CT molecular complexity index is 1110. The molecule has 0 amide bonds. The highest BCUT2D eigenvalue weighted by Crippen LogP contribution is 2.42. The molecular weight excluding hydrogens is 368 g/mol. The lowest BCUT2D eigenvalue weighted by molar-refractivity contribution is 0.101. The molecule has 144 valence electrons. The maximum atomic E-state index is 12.8. The first-order valence-electron chi connectivity index (χ1n) is 9.25. The first-order chi connectivity index (χ1) is 14.2. The number of aromatic nitrogens is 1. The number of carbonyl (C=O) groups excluding carboxylic acids is 1. The lowest BCUT2D eigenvalue weighted by atomic mass is 10.0. The predicted molar refractivity (Wildman–Crippen MR) is 108 cm³/mol. The molecule has 0 aliphatic carbocycles. The average molecular weight is 386 g/mol. The van der Waals surface area contributed by atoms with Gasteiger partial charge in [0.25, 0.3) is 0 Å². The van der Waals surface area contributed by atoms with Gasteiger partial charge in [0.2, 0.25) is 5.78 Å². The van der Waals surface area contributed by atoms with Crippen LogP contribution >= 0.6 is 0 Å². The van der Waals surface area contributed by atoms with Gasteiger partial charge in [0, 0.05) is 18.1 Å². The summed E-state index contributed by atoms with van der Waals surface area (Å²) in [5, 5.41) is 0. The molecule has 0 fully saturated rings.